The Balaban J connectivity index is 1.99. The van der Waals surface area contributed by atoms with Crippen molar-refractivity contribution >= 4 is 23.1 Å². The number of methoxy groups -OCH3 is 1. The number of rotatable bonds is 6. The standard InChI is InChI=1S/C28H26FNO5/c1-5-35-23-15-19(10-13-22(23)34-4)25-24(26(31)18-8-11-20(29)12-9-18)27(32)28(33)30(25)21-14-16(2)6-7-17(21)3/h6-15,25,31H,5H2,1-4H3/b26-24-. The van der Waals surface area contributed by atoms with Crippen molar-refractivity contribution in [2.24, 2.45) is 0 Å². The first kappa shape index (κ1) is 24.0. The number of anilines is 1. The van der Waals surface area contributed by atoms with Gasteiger partial charge in [0.2, 0.25) is 0 Å². The Morgan fingerprint density at radius 1 is 1.00 bits per heavy atom. The van der Waals surface area contributed by atoms with Crippen LogP contribution in [-0.4, -0.2) is 30.5 Å². The first-order valence-corrected chi connectivity index (χ1v) is 11.2. The van der Waals surface area contributed by atoms with Gasteiger partial charge in [0.25, 0.3) is 11.7 Å². The molecule has 1 aliphatic rings. The summed E-state index contributed by atoms with van der Waals surface area (Å²) in [5.74, 6) is -1.51. The second-order valence-corrected chi connectivity index (χ2v) is 8.31. The van der Waals surface area contributed by atoms with Gasteiger partial charge in [0, 0.05) is 11.3 Å². The van der Waals surface area contributed by atoms with Crippen LogP contribution in [0.4, 0.5) is 10.1 Å². The van der Waals surface area contributed by atoms with E-state index in [0.717, 1.165) is 11.1 Å². The summed E-state index contributed by atoms with van der Waals surface area (Å²) in [4.78, 5) is 28.1. The molecule has 1 N–H and O–H groups in total. The van der Waals surface area contributed by atoms with Gasteiger partial charge < -0.3 is 14.6 Å². The number of ether oxygens (including phenoxy) is 2. The molecule has 1 aliphatic heterocycles. The Bertz CT molecular complexity index is 1330. The average Bonchev–Trinajstić information content (AvgIpc) is 3.11. The monoisotopic (exact) mass is 475 g/mol. The van der Waals surface area contributed by atoms with Crippen molar-refractivity contribution in [2.45, 2.75) is 26.8 Å². The Kier molecular flexibility index (Phi) is 6.60. The number of hydrogen-bond acceptors (Lipinski definition) is 5. The quantitative estimate of drug-likeness (QED) is 0.290. The van der Waals surface area contributed by atoms with Crippen LogP contribution in [0.3, 0.4) is 0 Å². The molecule has 0 radical (unpaired) electrons. The molecule has 4 rings (SSSR count). The number of carbonyl (C=O) groups excluding carboxylic acids is 2. The second kappa shape index (κ2) is 9.62. The van der Waals surface area contributed by atoms with Crippen molar-refractivity contribution in [3.8, 4) is 11.5 Å². The maximum atomic E-state index is 13.5. The summed E-state index contributed by atoms with van der Waals surface area (Å²) in [5, 5.41) is 11.2. The maximum Gasteiger partial charge on any atom is 0.300 e. The minimum absolute atomic E-state index is 0.0878. The van der Waals surface area contributed by atoms with Gasteiger partial charge in [-0.1, -0.05) is 18.2 Å². The van der Waals surface area contributed by atoms with Crippen molar-refractivity contribution in [1.82, 2.24) is 0 Å². The first-order chi connectivity index (χ1) is 16.8. The maximum absolute atomic E-state index is 13.5. The Hall–Kier alpha value is -4.13. The van der Waals surface area contributed by atoms with E-state index in [4.69, 9.17) is 9.47 Å². The molecule has 0 bridgehead atoms. The highest BCUT2D eigenvalue weighted by atomic mass is 19.1. The second-order valence-electron chi connectivity index (χ2n) is 8.31. The summed E-state index contributed by atoms with van der Waals surface area (Å²) in [5.41, 5.74) is 2.96. The molecule has 0 aliphatic carbocycles. The molecule has 1 fully saturated rings. The van der Waals surface area contributed by atoms with Crippen molar-refractivity contribution in [3.63, 3.8) is 0 Å². The minimum Gasteiger partial charge on any atom is -0.507 e. The molecule has 1 amide bonds. The van der Waals surface area contributed by atoms with E-state index < -0.39 is 23.5 Å². The molecule has 1 atom stereocenters. The third-order valence-corrected chi connectivity index (χ3v) is 5.99. The van der Waals surface area contributed by atoms with E-state index in [1.54, 1.807) is 18.2 Å². The fourth-order valence-corrected chi connectivity index (χ4v) is 4.27. The SMILES string of the molecule is CCOc1cc(C2/C(=C(/O)c3ccc(F)cc3)C(=O)C(=O)N2c2cc(C)ccc2C)ccc1OC. The van der Waals surface area contributed by atoms with Gasteiger partial charge in [0.05, 0.1) is 25.3 Å². The largest absolute Gasteiger partial charge is 0.507 e. The van der Waals surface area contributed by atoms with Gasteiger partial charge >= 0.3 is 0 Å². The Morgan fingerprint density at radius 3 is 2.37 bits per heavy atom. The molecule has 0 aromatic heterocycles. The molecule has 0 spiro atoms. The molecule has 6 nitrogen and oxygen atoms in total. The summed E-state index contributed by atoms with van der Waals surface area (Å²) < 4.78 is 24.6. The molecular weight excluding hydrogens is 449 g/mol. The van der Waals surface area contributed by atoms with Gasteiger partial charge in [-0.25, -0.2) is 4.39 Å². The number of halogens is 1. The number of hydrogen-bond donors (Lipinski definition) is 1. The summed E-state index contributed by atoms with van der Waals surface area (Å²) in [7, 11) is 1.52. The van der Waals surface area contributed by atoms with E-state index >= 15 is 0 Å². The van der Waals surface area contributed by atoms with Crippen LogP contribution in [0.25, 0.3) is 5.76 Å². The summed E-state index contributed by atoms with van der Waals surface area (Å²) in [6.45, 7) is 5.97. The molecule has 0 saturated carbocycles. The van der Waals surface area contributed by atoms with E-state index in [1.165, 1.54) is 36.3 Å². The molecular formula is C28H26FNO5. The van der Waals surface area contributed by atoms with Crippen molar-refractivity contribution in [2.75, 3.05) is 18.6 Å². The zero-order valence-electron chi connectivity index (χ0n) is 20.0. The smallest absolute Gasteiger partial charge is 0.300 e. The number of benzene rings is 3. The molecule has 3 aromatic carbocycles. The molecule has 35 heavy (non-hydrogen) atoms. The predicted molar refractivity (Wildman–Crippen MR) is 131 cm³/mol. The molecule has 1 unspecified atom stereocenters. The summed E-state index contributed by atoms with van der Waals surface area (Å²) in [6.07, 6.45) is 0. The molecule has 1 saturated heterocycles. The van der Waals surface area contributed by atoms with Crippen LogP contribution in [0.15, 0.2) is 66.2 Å². The number of aliphatic hydroxyl groups is 1. The lowest BCUT2D eigenvalue weighted by molar-refractivity contribution is -0.132. The van der Waals surface area contributed by atoms with Gasteiger partial charge in [-0.3, -0.25) is 14.5 Å². The van der Waals surface area contributed by atoms with Crippen LogP contribution in [0.5, 0.6) is 11.5 Å². The lowest BCUT2D eigenvalue weighted by atomic mass is 9.94. The molecule has 180 valence electrons. The normalized spacial score (nSPS) is 17.1. The Morgan fingerprint density at radius 2 is 1.71 bits per heavy atom. The van der Waals surface area contributed by atoms with Gasteiger partial charge in [-0.15, -0.1) is 0 Å². The van der Waals surface area contributed by atoms with Crippen LogP contribution in [0.2, 0.25) is 0 Å². The van der Waals surface area contributed by atoms with Crippen LogP contribution >= 0.6 is 0 Å². The average molecular weight is 476 g/mol. The van der Waals surface area contributed by atoms with Crippen molar-refractivity contribution in [1.29, 1.82) is 0 Å². The topological polar surface area (TPSA) is 76.1 Å². The molecule has 1 heterocycles. The highest BCUT2D eigenvalue weighted by Crippen LogP contribution is 2.45. The fraction of sp³-hybridized carbons (Fsp3) is 0.214. The van der Waals surface area contributed by atoms with Gasteiger partial charge in [0.1, 0.15) is 11.6 Å². The van der Waals surface area contributed by atoms with Gasteiger partial charge in [-0.2, -0.15) is 0 Å². The van der Waals surface area contributed by atoms with Crippen LogP contribution in [-0.2, 0) is 9.59 Å². The van der Waals surface area contributed by atoms with Gasteiger partial charge in [0.15, 0.2) is 11.5 Å². The van der Waals surface area contributed by atoms with Crippen LogP contribution in [0.1, 0.15) is 35.2 Å². The molecule has 7 heteroatoms. The number of ketones is 1. The Labute approximate surface area is 203 Å². The summed E-state index contributed by atoms with van der Waals surface area (Å²) >= 11 is 0. The van der Waals surface area contributed by atoms with Crippen LogP contribution in [0, 0.1) is 19.7 Å². The third kappa shape index (κ3) is 4.37. The third-order valence-electron chi connectivity index (χ3n) is 5.99. The predicted octanol–water partition coefficient (Wildman–Crippen LogP) is 5.48. The van der Waals surface area contributed by atoms with E-state index in [1.807, 2.05) is 39.0 Å². The van der Waals surface area contributed by atoms with Crippen LogP contribution < -0.4 is 14.4 Å². The number of aliphatic hydroxyl groups excluding tert-OH is 1. The number of nitrogens with zero attached hydrogens (tertiary/aromatic N) is 1. The van der Waals surface area contributed by atoms with Gasteiger partial charge in [-0.05, 0) is 79.9 Å². The molecule has 3 aromatic rings. The lowest BCUT2D eigenvalue weighted by Gasteiger charge is -2.27. The van der Waals surface area contributed by atoms with E-state index in [2.05, 4.69) is 0 Å². The summed E-state index contributed by atoms with van der Waals surface area (Å²) in [6, 6.07) is 14.9. The fourth-order valence-electron chi connectivity index (χ4n) is 4.27. The van der Waals surface area contributed by atoms with Crippen molar-refractivity contribution < 1.29 is 28.6 Å². The number of aryl methyl sites for hydroxylation is 2. The number of amides is 1. The minimum atomic E-state index is -0.939. The first-order valence-electron chi connectivity index (χ1n) is 11.2. The highest BCUT2D eigenvalue weighted by molar-refractivity contribution is 6.51. The lowest BCUT2D eigenvalue weighted by Crippen LogP contribution is -2.30. The van der Waals surface area contributed by atoms with Crippen molar-refractivity contribution in [3.05, 3.63) is 94.3 Å². The van der Waals surface area contributed by atoms with E-state index in [9.17, 15) is 19.1 Å². The number of Topliss-reactive ketones (excluding diaryl/α,β-unsaturated/α-hetero) is 1. The van der Waals surface area contributed by atoms with E-state index in [0.29, 0.717) is 29.4 Å². The zero-order valence-corrected chi connectivity index (χ0v) is 20.0. The highest BCUT2D eigenvalue weighted by Gasteiger charge is 2.47. The zero-order chi connectivity index (χ0) is 25.3. The van der Waals surface area contributed by atoms with E-state index in [-0.39, 0.29) is 16.9 Å². The number of carbonyl (C=O) groups is 2.